The molecule has 1 aliphatic heterocycles. The maximum Gasteiger partial charge on any atom is 0.243 e. The summed E-state index contributed by atoms with van der Waals surface area (Å²) in [5.74, 6) is 0.244. The van der Waals surface area contributed by atoms with Gasteiger partial charge in [-0.3, -0.25) is 4.79 Å². The first-order chi connectivity index (χ1) is 15.3. The lowest BCUT2D eigenvalue weighted by Gasteiger charge is -2.31. The molecule has 2 heterocycles. The Bertz CT molecular complexity index is 1210. The second kappa shape index (κ2) is 9.22. The van der Waals surface area contributed by atoms with Gasteiger partial charge >= 0.3 is 0 Å². The van der Waals surface area contributed by atoms with Crippen LogP contribution in [0, 0.1) is 19.8 Å². The van der Waals surface area contributed by atoms with E-state index in [2.05, 4.69) is 15.5 Å². The summed E-state index contributed by atoms with van der Waals surface area (Å²) < 4.78 is 33.4. The topological polar surface area (TPSA) is 105 Å². The van der Waals surface area contributed by atoms with E-state index < -0.39 is 10.0 Å². The Labute approximate surface area is 187 Å². The van der Waals surface area contributed by atoms with Crippen molar-refractivity contribution in [2.45, 2.75) is 38.1 Å². The summed E-state index contributed by atoms with van der Waals surface area (Å²) in [5, 5.41) is 6.82. The van der Waals surface area contributed by atoms with E-state index in [0.29, 0.717) is 48.8 Å². The van der Waals surface area contributed by atoms with Gasteiger partial charge in [-0.25, -0.2) is 8.42 Å². The third kappa shape index (κ3) is 4.73. The van der Waals surface area contributed by atoms with Crippen molar-refractivity contribution in [1.29, 1.82) is 0 Å². The molecule has 0 aliphatic carbocycles. The molecule has 1 saturated heterocycles. The van der Waals surface area contributed by atoms with E-state index in [4.69, 9.17) is 4.52 Å². The number of sulfonamides is 1. The highest BCUT2D eigenvalue weighted by atomic mass is 32.2. The Hall–Kier alpha value is -3.04. The first kappa shape index (κ1) is 22.2. The van der Waals surface area contributed by atoms with Crippen molar-refractivity contribution < 1.29 is 17.7 Å². The fourth-order valence-electron chi connectivity index (χ4n) is 3.88. The van der Waals surface area contributed by atoms with Crippen LogP contribution in [0.25, 0.3) is 11.4 Å². The first-order valence-corrected chi connectivity index (χ1v) is 12.0. The zero-order valence-electron chi connectivity index (χ0n) is 18.1. The fourth-order valence-corrected chi connectivity index (χ4v) is 5.65. The van der Waals surface area contributed by atoms with Crippen molar-refractivity contribution in [1.82, 2.24) is 19.8 Å². The van der Waals surface area contributed by atoms with Crippen LogP contribution in [-0.2, 0) is 21.4 Å². The quantitative estimate of drug-likeness (QED) is 0.614. The van der Waals surface area contributed by atoms with Crippen LogP contribution in [0.3, 0.4) is 0 Å². The van der Waals surface area contributed by atoms with Gasteiger partial charge < -0.3 is 9.84 Å². The molecule has 0 saturated carbocycles. The molecule has 0 radical (unpaired) electrons. The molecule has 0 spiro atoms. The first-order valence-electron chi connectivity index (χ1n) is 10.6. The van der Waals surface area contributed by atoms with E-state index in [1.807, 2.05) is 30.3 Å². The highest BCUT2D eigenvalue weighted by Crippen LogP contribution is 2.29. The van der Waals surface area contributed by atoms with Gasteiger partial charge in [0.05, 0.1) is 10.8 Å². The molecular weight excluding hydrogens is 428 g/mol. The standard InChI is InChI=1S/C23H26N4O4S/c1-16-10-11-19(22-25-17(2)31-26-22)13-21(16)32(29,30)27-12-6-9-20(15-27)23(28)24-14-18-7-4-3-5-8-18/h3-5,7-8,10-11,13,20H,6,9,12,14-15H2,1-2H3,(H,24,28)/t20-/m1/s1. The third-order valence-corrected chi connectivity index (χ3v) is 7.66. The van der Waals surface area contributed by atoms with Crippen LogP contribution in [0.5, 0.6) is 0 Å². The molecule has 8 nitrogen and oxygen atoms in total. The molecular formula is C23H26N4O4S. The SMILES string of the molecule is Cc1nc(-c2ccc(C)c(S(=O)(=O)N3CCC[C@@H](C(=O)NCc4ccccc4)C3)c2)no1. The smallest absolute Gasteiger partial charge is 0.243 e. The van der Waals surface area contributed by atoms with E-state index in [1.54, 1.807) is 32.0 Å². The van der Waals surface area contributed by atoms with E-state index in [-0.39, 0.29) is 23.3 Å². The Morgan fingerprint density at radius 1 is 1.19 bits per heavy atom. The number of nitrogens with zero attached hydrogens (tertiary/aromatic N) is 3. The molecule has 9 heteroatoms. The minimum absolute atomic E-state index is 0.124. The summed E-state index contributed by atoms with van der Waals surface area (Å²) in [6.07, 6.45) is 1.29. The normalized spacial score (nSPS) is 17.2. The third-order valence-electron chi connectivity index (χ3n) is 5.66. The van der Waals surface area contributed by atoms with Gasteiger partial charge in [0.15, 0.2) is 0 Å². The number of aryl methyl sites for hydroxylation is 2. The summed E-state index contributed by atoms with van der Waals surface area (Å²) >= 11 is 0. The number of carbonyl (C=O) groups excluding carboxylic acids is 1. The van der Waals surface area contributed by atoms with Crippen LogP contribution >= 0.6 is 0 Å². The molecule has 32 heavy (non-hydrogen) atoms. The number of amides is 1. The van der Waals surface area contributed by atoms with Crippen LogP contribution in [-0.4, -0.2) is 41.9 Å². The summed E-state index contributed by atoms with van der Waals surface area (Å²) in [5.41, 5.74) is 2.20. The van der Waals surface area contributed by atoms with Crippen molar-refractivity contribution in [3.05, 3.63) is 65.5 Å². The number of carbonyl (C=O) groups is 1. The van der Waals surface area contributed by atoms with Gasteiger partial charge in [0.25, 0.3) is 0 Å². The van der Waals surface area contributed by atoms with E-state index in [1.165, 1.54) is 4.31 Å². The fraction of sp³-hybridized carbons (Fsp3) is 0.348. The minimum atomic E-state index is -3.78. The summed E-state index contributed by atoms with van der Waals surface area (Å²) in [6.45, 7) is 4.41. The van der Waals surface area contributed by atoms with Gasteiger partial charge in [0.2, 0.25) is 27.6 Å². The van der Waals surface area contributed by atoms with Gasteiger partial charge in [0, 0.05) is 32.1 Å². The zero-order chi connectivity index (χ0) is 22.7. The maximum absolute atomic E-state index is 13.5. The molecule has 1 aliphatic rings. The van der Waals surface area contributed by atoms with Crippen LogP contribution in [0.2, 0.25) is 0 Å². The van der Waals surface area contributed by atoms with Crippen LogP contribution < -0.4 is 5.32 Å². The van der Waals surface area contributed by atoms with E-state index in [0.717, 1.165) is 5.56 Å². The highest BCUT2D eigenvalue weighted by Gasteiger charge is 2.34. The van der Waals surface area contributed by atoms with Crippen LogP contribution in [0.1, 0.15) is 29.9 Å². The number of benzene rings is 2. The minimum Gasteiger partial charge on any atom is -0.352 e. The van der Waals surface area contributed by atoms with Crippen LogP contribution in [0.15, 0.2) is 57.9 Å². The number of nitrogens with one attached hydrogen (secondary N) is 1. The van der Waals surface area contributed by atoms with Gasteiger partial charge in [-0.1, -0.05) is 47.6 Å². The maximum atomic E-state index is 13.5. The zero-order valence-corrected chi connectivity index (χ0v) is 18.9. The molecule has 2 aromatic carbocycles. The summed E-state index contributed by atoms with van der Waals surface area (Å²) in [6, 6.07) is 14.7. The largest absolute Gasteiger partial charge is 0.352 e. The monoisotopic (exact) mass is 454 g/mol. The van der Waals surface area contributed by atoms with Crippen molar-refractivity contribution in [3.63, 3.8) is 0 Å². The van der Waals surface area contributed by atoms with Gasteiger partial charge in [-0.15, -0.1) is 0 Å². The molecule has 1 amide bonds. The lowest BCUT2D eigenvalue weighted by atomic mass is 9.99. The van der Waals surface area contributed by atoms with Crippen molar-refractivity contribution in [2.24, 2.45) is 5.92 Å². The lowest BCUT2D eigenvalue weighted by molar-refractivity contribution is -0.126. The summed E-state index contributed by atoms with van der Waals surface area (Å²) in [4.78, 5) is 17.1. The van der Waals surface area contributed by atoms with Crippen molar-refractivity contribution >= 4 is 15.9 Å². The van der Waals surface area contributed by atoms with Crippen molar-refractivity contribution in [3.8, 4) is 11.4 Å². The predicted molar refractivity (Wildman–Crippen MR) is 119 cm³/mol. The van der Waals surface area contributed by atoms with E-state index in [9.17, 15) is 13.2 Å². The predicted octanol–water partition coefficient (Wildman–Crippen LogP) is 3.07. The average molecular weight is 455 g/mol. The molecule has 0 bridgehead atoms. The number of rotatable bonds is 6. The Kier molecular flexibility index (Phi) is 6.38. The molecule has 1 atom stereocenters. The average Bonchev–Trinajstić information content (AvgIpc) is 3.24. The lowest BCUT2D eigenvalue weighted by Crippen LogP contribution is -2.45. The van der Waals surface area contributed by atoms with Gasteiger partial charge in [-0.05, 0) is 37.0 Å². The van der Waals surface area contributed by atoms with Gasteiger partial charge in [0.1, 0.15) is 0 Å². The molecule has 168 valence electrons. The number of hydrogen-bond acceptors (Lipinski definition) is 6. The highest BCUT2D eigenvalue weighted by molar-refractivity contribution is 7.89. The van der Waals surface area contributed by atoms with Crippen molar-refractivity contribution in [2.75, 3.05) is 13.1 Å². The Morgan fingerprint density at radius 3 is 2.69 bits per heavy atom. The molecule has 0 unspecified atom stereocenters. The molecule has 1 fully saturated rings. The van der Waals surface area contributed by atoms with Crippen LogP contribution in [0.4, 0.5) is 0 Å². The molecule has 1 aromatic heterocycles. The second-order valence-electron chi connectivity index (χ2n) is 8.02. The van der Waals surface area contributed by atoms with E-state index >= 15 is 0 Å². The number of hydrogen-bond donors (Lipinski definition) is 1. The Balaban J connectivity index is 1.50. The van der Waals surface area contributed by atoms with Gasteiger partial charge in [-0.2, -0.15) is 9.29 Å². The second-order valence-corrected chi connectivity index (χ2v) is 9.93. The summed E-state index contributed by atoms with van der Waals surface area (Å²) in [7, 11) is -3.78. The molecule has 1 N–H and O–H groups in total. The molecule has 3 aromatic rings. The number of aromatic nitrogens is 2. The molecule has 4 rings (SSSR count). The number of piperidine rings is 1. The Morgan fingerprint density at radius 2 is 1.97 bits per heavy atom.